The van der Waals surface area contributed by atoms with Crippen molar-refractivity contribution in [3.63, 3.8) is 0 Å². The van der Waals surface area contributed by atoms with E-state index in [0.717, 1.165) is 13.0 Å². The molecule has 0 aliphatic carbocycles. The minimum atomic E-state index is -0.198. The number of hydrogen-bond acceptors (Lipinski definition) is 2. The molecule has 0 aliphatic heterocycles. The van der Waals surface area contributed by atoms with E-state index in [1.54, 1.807) is 0 Å². The number of rotatable bonds is 5. The lowest BCUT2D eigenvalue weighted by Gasteiger charge is -2.08. The normalized spacial score (nSPS) is 12.2. The highest BCUT2D eigenvalue weighted by Crippen LogP contribution is 1.80. The second kappa shape index (κ2) is 6.91. The maximum Gasteiger partial charge on any atom is 0.336 e. The first-order valence-electron chi connectivity index (χ1n) is 4.27. The van der Waals surface area contributed by atoms with Crippen molar-refractivity contribution in [1.29, 1.82) is 0 Å². The van der Waals surface area contributed by atoms with Gasteiger partial charge >= 0.3 is 6.02 Å². The van der Waals surface area contributed by atoms with E-state index < -0.39 is 0 Å². The van der Waals surface area contributed by atoms with Crippen LogP contribution in [0, 0.1) is 0 Å². The van der Waals surface area contributed by atoms with Gasteiger partial charge in [0.15, 0.2) is 0 Å². The Kier molecular flexibility index (Phi) is 6.47. The van der Waals surface area contributed by atoms with Crippen molar-refractivity contribution in [2.45, 2.75) is 13.3 Å². The highest BCUT2D eigenvalue weighted by Gasteiger charge is 1.94. The third-order valence-corrected chi connectivity index (χ3v) is 1.36. The largest absolute Gasteiger partial charge is 0.336 e. The summed E-state index contributed by atoms with van der Waals surface area (Å²) in [5, 5.41) is 13.5. The molecule has 0 atom stereocenters. The molecule has 0 aromatic carbocycles. The zero-order valence-electron chi connectivity index (χ0n) is 8.13. The average molecular weight is 172 g/mol. The van der Waals surface area contributed by atoms with Crippen molar-refractivity contribution in [1.82, 2.24) is 10.2 Å². The molecule has 0 amide bonds. The number of hydrogen-bond donors (Lipinski definition) is 1. The van der Waals surface area contributed by atoms with Gasteiger partial charge in [0.05, 0.1) is 0 Å². The van der Waals surface area contributed by atoms with Gasteiger partial charge in [-0.2, -0.15) is 0 Å². The highest BCUT2D eigenvalue weighted by atomic mass is 16.3. The average Bonchev–Trinajstić information content (AvgIpc) is 1.98. The van der Waals surface area contributed by atoms with Crippen LogP contribution in [0.3, 0.4) is 0 Å². The van der Waals surface area contributed by atoms with Gasteiger partial charge in [-0.15, -0.1) is 0 Å². The van der Waals surface area contributed by atoms with Gasteiger partial charge in [-0.05, 0) is 34.0 Å². The van der Waals surface area contributed by atoms with Crippen LogP contribution in [0.25, 0.3) is 0 Å². The smallest absolute Gasteiger partial charge is 0.336 e. The predicted octanol–water partition coefficient (Wildman–Crippen LogP) is 0.334. The fourth-order valence-electron chi connectivity index (χ4n) is 0.790. The molecule has 1 N–H and O–H groups in total. The third kappa shape index (κ3) is 7.34. The van der Waals surface area contributed by atoms with Crippen LogP contribution in [0.4, 0.5) is 0 Å². The quantitative estimate of drug-likeness (QED) is 0.369. The van der Waals surface area contributed by atoms with Crippen molar-refractivity contribution in [2.24, 2.45) is 4.99 Å². The lowest BCUT2D eigenvalue weighted by molar-refractivity contribution is 0.377. The van der Waals surface area contributed by atoms with Gasteiger partial charge in [-0.3, -0.25) is 0 Å². The third-order valence-electron chi connectivity index (χ3n) is 1.36. The molecule has 0 rings (SSSR count). The standard InChI is InChI=1S/C8H18N3O/c1-4-9-8(12)10-6-5-7-11(2)3/h4-7H2,1-3H3,(H,9,10). The molecule has 0 aromatic rings. The zero-order chi connectivity index (χ0) is 9.40. The molecule has 0 unspecified atom stereocenters. The van der Waals surface area contributed by atoms with Gasteiger partial charge in [-0.1, -0.05) is 0 Å². The maximum absolute atomic E-state index is 10.8. The van der Waals surface area contributed by atoms with Gasteiger partial charge < -0.3 is 10.2 Å². The Labute approximate surface area is 74.3 Å². The molecule has 71 valence electrons. The van der Waals surface area contributed by atoms with Crippen LogP contribution in [-0.4, -0.2) is 44.7 Å². The van der Waals surface area contributed by atoms with Gasteiger partial charge in [0.2, 0.25) is 0 Å². The number of aliphatic imine (C=N–C) groups is 1. The van der Waals surface area contributed by atoms with E-state index in [2.05, 4.69) is 15.2 Å². The van der Waals surface area contributed by atoms with Crippen molar-refractivity contribution in [2.75, 3.05) is 33.7 Å². The van der Waals surface area contributed by atoms with Gasteiger partial charge in [-0.25, -0.2) is 10.1 Å². The van der Waals surface area contributed by atoms with E-state index in [1.165, 1.54) is 0 Å². The van der Waals surface area contributed by atoms with E-state index >= 15 is 0 Å². The summed E-state index contributed by atoms with van der Waals surface area (Å²) in [5.74, 6) is 0. The molecule has 0 saturated heterocycles. The first-order valence-corrected chi connectivity index (χ1v) is 4.27. The van der Waals surface area contributed by atoms with Crippen LogP contribution in [-0.2, 0) is 5.11 Å². The summed E-state index contributed by atoms with van der Waals surface area (Å²) in [6, 6.07) is -0.198. The van der Waals surface area contributed by atoms with Crippen LogP contribution in [0.5, 0.6) is 0 Å². The highest BCUT2D eigenvalue weighted by molar-refractivity contribution is 5.70. The van der Waals surface area contributed by atoms with Gasteiger partial charge in [0.1, 0.15) is 0 Å². The van der Waals surface area contributed by atoms with E-state index in [9.17, 15) is 5.11 Å². The first kappa shape index (κ1) is 11.2. The summed E-state index contributed by atoms with van der Waals surface area (Å²) in [5.41, 5.74) is 0. The predicted molar refractivity (Wildman–Crippen MR) is 49.8 cm³/mol. The number of nitrogens with one attached hydrogen (secondary N) is 1. The van der Waals surface area contributed by atoms with E-state index in [-0.39, 0.29) is 6.02 Å². The molecular formula is C8H18N3O. The summed E-state index contributed by atoms with van der Waals surface area (Å²) in [6.45, 7) is 4.10. The van der Waals surface area contributed by atoms with E-state index in [1.807, 2.05) is 21.0 Å². The maximum atomic E-state index is 10.8. The lowest BCUT2D eigenvalue weighted by Crippen LogP contribution is -2.26. The van der Waals surface area contributed by atoms with Crippen LogP contribution in [0.2, 0.25) is 0 Å². The fraction of sp³-hybridized carbons (Fsp3) is 0.875. The zero-order valence-corrected chi connectivity index (χ0v) is 8.13. The summed E-state index contributed by atoms with van der Waals surface area (Å²) in [4.78, 5) is 5.76. The second-order valence-electron chi connectivity index (χ2n) is 2.86. The molecule has 0 bridgehead atoms. The Morgan fingerprint density at radius 1 is 1.50 bits per heavy atom. The van der Waals surface area contributed by atoms with Crippen LogP contribution < -0.4 is 5.32 Å². The van der Waals surface area contributed by atoms with Crippen molar-refractivity contribution < 1.29 is 5.11 Å². The minimum absolute atomic E-state index is 0.198. The second-order valence-corrected chi connectivity index (χ2v) is 2.86. The topological polar surface area (TPSA) is 47.5 Å². The number of nitrogens with zero attached hydrogens (tertiary/aromatic N) is 2. The fourth-order valence-corrected chi connectivity index (χ4v) is 0.790. The van der Waals surface area contributed by atoms with E-state index in [0.29, 0.717) is 13.1 Å². The van der Waals surface area contributed by atoms with Gasteiger partial charge in [0.25, 0.3) is 0 Å². The molecule has 1 radical (unpaired) electrons. The molecule has 12 heavy (non-hydrogen) atoms. The summed E-state index contributed by atoms with van der Waals surface area (Å²) >= 11 is 0. The Morgan fingerprint density at radius 3 is 2.67 bits per heavy atom. The molecule has 4 heteroatoms. The lowest BCUT2D eigenvalue weighted by atomic mass is 10.4. The summed E-state index contributed by atoms with van der Waals surface area (Å²) < 4.78 is 0. The molecule has 0 aromatic heterocycles. The van der Waals surface area contributed by atoms with Crippen molar-refractivity contribution in [3.05, 3.63) is 0 Å². The molecule has 0 spiro atoms. The molecule has 0 aliphatic rings. The summed E-state index contributed by atoms with van der Waals surface area (Å²) in [7, 11) is 4.02. The van der Waals surface area contributed by atoms with Crippen LogP contribution >= 0.6 is 0 Å². The summed E-state index contributed by atoms with van der Waals surface area (Å²) in [6.07, 6.45) is 0.970. The molecule has 0 fully saturated rings. The first-order chi connectivity index (χ1) is 5.66. The molecule has 4 nitrogen and oxygen atoms in total. The number of amidine groups is 1. The van der Waals surface area contributed by atoms with E-state index in [4.69, 9.17) is 0 Å². The molecular weight excluding hydrogens is 154 g/mol. The van der Waals surface area contributed by atoms with Gasteiger partial charge in [0, 0.05) is 13.1 Å². The van der Waals surface area contributed by atoms with Crippen molar-refractivity contribution in [3.8, 4) is 0 Å². The SMILES string of the molecule is CC/N=C(\[O])NCCCN(C)C. The Morgan fingerprint density at radius 2 is 2.17 bits per heavy atom. The van der Waals surface area contributed by atoms with Crippen molar-refractivity contribution >= 4 is 6.02 Å². The Bertz CT molecular complexity index is 134. The monoisotopic (exact) mass is 172 g/mol. The van der Waals surface area contributed by atoms with Crippen LogP contribution in [0.15, 0.2) is 4.99 Å². The Hall–Kier alpha value is -0.770. The minimum Gasteiger partial charge on any atom is -0.336 e. The molecule has 0 saturated carbocycles. The Balaban J connectivity index is 3.25. The molecule has 0 heterocycles. The van der Waals surface area contributed by atoms with Crippen LogP contribution in [0.1, 0.15) is 13.3 Å².